The molecule has 0 saturated heterocycles. The molecule has 0 radical (unpaired) electrons. The molecule has 0 unspecified atom stereocenters. The molecule has 0 amide bonds. The molecule has 0 N–H and O–H groups in total. The van der Waals surface area contributed by atoms with E-state index in [-0.39, 0.29) is 0 Å². The van der Waals surface area contributed by atoms with Gasteiger partial charge in [-0.3, -0.25) is 0 Å². The van der Waals surface area contributed by atoms with Crippen LogP contribution in [-0.4, -0.2) is 6.26 Å². The lowest BCUT2D eigenvalue weighted by molar-refractivity contribution is 1.43. The number of rotatable bonds is 1. The molecule has 0 heterocycles. The molecule has 0 bridgehead atoms. The molecule has 1 aromatic carbocycles. The molecular weight excluding hydrogens is 160 g/mol. The monoisotopic (exact) mass is 172 g/mol. The van der Waals surface area contributed by atoms with Crippen LogP contribution in [0.25, 0.3) is 0 Å². The topological polar surface area (TPSA) is 0 Å². The van der Waals surface area contributed by atoms with Crippen molar-refractivity contribution in [1.82, 2.24) is 0 Å². The first-order valence-corrected chi connectivity index (χ1v) is 4.55. The van der Waals surface area contributed by atoms with Crippen LogP contribution in [0.5, 0.6) is 0 Å². The van der Waals surface area contributed by atoms with Crippen LogP contribution in [0.15, 0.2) is 30.3 Å². The third-order valence-electron chi connectivity index (χ3n) is 1.03. The van der Waals surface area contributed by atoms with Gasteiger partial charge in [0.1, 0.15) is 0 Å². The van der Waals surface area contributed by atoms with E-state index >= 15 is 0 Å². The Morgan fingerprint density at radius 1 is 1.10 bits per heavy atom. The zero-order valence-corrected chi connectivity index (χ0v) is 7.78. The SMILES string of the molecule is CS.SCc1ccccc1. The lowest BCUT2D eigenvalue weighted by atomic mass is 10.2. The van der Waals surface area contributed by atoms with Crippen molar-refractivity contribution in [2.45, 2.75) is 5.75 Å². The van der Waals surface area contributed by atoms with Gasteiger partial charge in [0.2, 0.25) is 0 Å². The van der Waals surface area contributed by atoms with Gasteiger partial charge in [-0.05, 0) is 11.8 Å². The van der Waals surface area contributed by atoms with Crippen LogP contribution in [-0.2, 0) is 5.75 Å². The van der Waals surface area contributed by atoms with Crippen molar-refractivity contribution in [2.24, 2.45) is 0 Å². The van der Waals surface area contributed by atoms with Crippen LogP contribution in [0, 0.1) is 0 Å². The second-order valence-corrected chi connectivity index (χ2v) is 1.96. The Kier molecular flexibility index (Phi) is 6.98. The van der Waals surface area contributed by atoms with Gasteiger partial charge >= 0.3 is 0 Å². The minimum Gasteiger partial charge on any atom is -0.183 e. The van der Waals surface area contributed by atoms with E-state index in [1.165, 1.54) is 5.56 Å². The third kappa shape index (κ3) is 3.85. The van der Waals surface area contributed by atoms with E-state index in [2.05, 4.69) is 37.4 Å². The van der Waals surface area contributed by atoms with Crippen molar-refractivity contribution >= 4 is 25.3 Å². The zero-order valence-electron chi connectivity index (χ0n) is 5.99. The minimum absolute atomic E-state index is 0.834. The number of thiol groups is 2. The van der Waals surface area contributed by atoms with Crippen molar-refractivity contribution in [3.05, 3.63) is 35.9 Å². The van der Waals surface area contributed by atoms with Crippen molar-refractivity contribution in [2.75, 3.05) is 6.26 Å². The smallest absolute Gasteiger partial charge is 0.0154 e. The van der Waals surface area contributed by atoms with Crippen molar-refractivity contribution < 1.29 is 0 Å². The largest absolute Gasteiger partial charge is 0.183 e. The van der Waals surface area contributed by atoms with Crippen LogP contribution < -0.4 is 0 Å². The van der Waals surface area contributed by atoms with Gasteiger partial charge in [-0.25, -0.2) is 0 Å². The normalized spacial score (nSPS) is 7.90. The fourth-order valence-corrected chi connectivity index (χ4v) is 0.794. The molecular formula is C8H12S2. The Hall–Kier alpha value is -0.0800. The minimum atomic E-state index is 0.834. The molecule has 1 rings (SSSR count). The molecule has 0 aliphatic rings. The first-order valence-electron chi connectivity index (χ1n) is 3.03. The maximum Gasteiger partial charge on any atom is 0.0154 e. The predicted molar refractivity (Wildman–Crippen MR) is 54.0 cm³/mol. The highest BCUT2D eigenvalue weighted by molar-refractivity contribution is 7.79. The Balaban J connectivity index is 0.000000371. The molecule has 0 saturated carbocycles. The second-order valence-electron chi connectivity index (χ2n) is 1.64. The van der Waals surface area contributed by atoms with Crippen LogP contribution in [0.3, 0.4) is 0 Å². The van der Waals surface area contributed by atoms with Gasteiger partial charge < -0.3 is 0 Å². The number of hydrogen-bond donors (Lipinski definition) is 2. The summed E-state index contributed by atoms with van der Waals surface area (Å²) in [5, 5.41) is 0. The van der Waals surface area contributed by atoms with Gasteiger partial charge in [0, 0.05) is 5.75 Å². The zero-order chi connectivity index (χ0) is 7.82. The summed E-state index contributed by atoms with van der Waals surface area (Å²) >= 11 is 7.64. The van der Waals surface area contributed by atoms with E-state index in [1.807, 2.05) is 18.2 Å². The third-order valence-corrected chi connectivity index (χ3v) is 1.39. The van der Waals surface area contributed by atoms with Gasteiger partial charge in [0.15, 0.2) is 0 Å². The fourth-order valence-electron chi connectivity index (χ4n) is 0.583. The van der Waals surface area contributed by atoms with Crippen molar-refractivity contribution in [1.29, 1.82) is 0 Å². The molecule has 0 fully saturated rings. The predicted octanol–water partition coefficient (Wildman–Crippen LogP) is 2.66. The fraction of sp³-hybridized carbons (Fsp3) is 0.250. The highest BCUT2D eigenvalue weighted by atomic mass is 32.1. The molecule has 0 atom stereocenters. The van der Waals surface area contributed by atoms with Crippen molar-refractivity contribution in [3.8, 4) is 0 Å². The number of hydrogen-bond acceptors (Lipinski definition) is 2. The summed E-state index contributed by atoms with van der Waals surface area (Å²) in [5.41, 5.74) is 1.27. The van der Waals surface area contributed by atoms with Gasteiger partial charge in [-0.2, -0.15) is 25.3 Å². The molecule has 0 aliphatic heterocycles. The lowest BCUT2D eigenvalue weighted by Gasteiger charge is -1.89. The lowest BCUT2D eigenvalue weighted by Crippen LogP contribution is -1.71. The van der Waals surface area contributed by atoms with Crippen LogP contribution in [0.4, 0.5) is 0 Å². The van der Waals surface area contributed by atoms with E-state index in [0.29, 0.717) is 0 Å². The van der Waals surface area contributed by atoms with E-state index in [0.717, 1.165) is 5.75 Å². The first-order chi connectivity index (χ1) is 4.93. The average molecular weight is 172 g/mol. The summed E-state index contributed by atoms with van der Waals surface area (Å²) in [5.74, 6) is 0.834. The quantitative estimate of drug-likeness (QED) is 0.598. The van der Waals surface area contributed by atoms with Gasteiger partial charge in [0.25, 0.3) is 0 Å². The second kappa shape index (κ2) is 7.03. The van der Waals surface area contributed by atoms with Crippen LogP contribution in [0.2, 0.25) is 0 Å². The highest BCUT2D eigenvalue weighted by Gasteiger charge is 1.80. The van der Waals surface area contributed by atoms with E-state index in [9.17, 15) is 0 Å². The molecule has 10 heavy (non-hydrogen) atoms. The molecule has 1 aromatic rings. The Morgan fingerprint density at radius 2 is 1.60 bits per heavy atom. The Labute approximate surface area is 73.5 Å². The summed E-state index contributed by atoms with van der Waals surface area (Å²) in [6.07, 6.45) is 1.69. The Bertz CT molecular complexity index is 149. The van der Waals surface area contributed by atoms with Gasteiger partial charge in [0.05, 0.1) is 0 Å². The number of benzene rings is 1. The maximum atomic E-state index is 4.11. The van der Waals surface area contributed by atoms with E-state index in [1.54, 1.807) is 6.26 Å². The first kappa shape index (κ1) is 9.92. The van der Waals surface area contributed by atoms with E-state index in [4.69, 9.17) is 0 Å². The average Bonchev–Trinajstić information content (AvgIpc) is 2.10. The van der Waals surface area contributed by atoms with Gasteiger partial charge in [-0.1, -0.05) is 30.3 Å². The molecule has 0 aromatic heterocycles. The summed E-state index contributed by atoms with van der Waals surface area (Å²) < 4.78 is 0. The maximum absolute atomic E-state index is 4.11. The Morgan fingerprint density at radius 3 is 1.90 bits per heavy atom. The molecule has 56 valence electrons. The van der Waals surface area contributed by atoms with Crippen LogP contribution in [0.1, 0.15) is 5.56 Å². The highest BCUT2D eigenvalue weighted by Crippen LogP contribution is 2.00. The molecule has 0 nitrogen and oxygen atoms in total. The molecule has 2 heteroatoms. The molecule has 0 spiro atoms. The van der Waals surface area contributed by atoms with Crippen LogP contribution >= 0.6 is 25.3 Å². The standard InChI is InChI=1S/C7H8S.CH4S/c8-6-7-4-2-1-3-5-7;1-2/h1-5,8H,6H2;2H,1H3. The van der Waals surface area contributed by atoms with Crippen molar-refractivity contribution in [3.63, 3.8) is 0 Å². The van der Waals surface area contributed by atoms with Gasteiger partial charge in [-0.15, -0.1) is 0 Å². The van der Waals surface area contributed by atoms with E-state index < -0.39 is 0 Å². The summed E-state index contributed by atoms with van der Waals surface area (Å²) in [7, 11) is 0. The summed E-state index contributed by atoms with van der Waals surface area (Å²) in [6, 6.07) is 10.2. The summed E-state index contributed by atoms with van der Waals surface area (Å²) in [6.45, 7) is 0. The molecule has 0 aliphatic carbocycles. The summed E-state index contributed by atoms with van der Waals surface area (Å²) in [4.78, 5) is 0.